The molecule has 8 nitrogen and oxygen atoms in total. The Morgan fingerprint density at radius 2 is 2.07 bits per heavy atom. The number of hydrogen-bond donors (Lipinski definition) is 3. The van der Waals surface area contributed by atoms with E-state index < -0.39 is 5.97 Å². The first kappa shape index (κ1) is 20.2. The number of rotatable bonds is 10. The van der Waals surface area contributed by atoms with Gasteiger partial charge in [-0.1, -0.05) is 12.1 Å². The normalized spacial score (nSPS) is 10.1. The molecule has 0 aliphatic rings. The summed E-state index contributed by atoms with van der Waals surface area (Å²) in [5.41, 5.74) is 7.45. The summed E-state index contributed by atoms with van der Waals surface area (Å²) in [6.45, 7) is 3.29. The Balaban J connectivity index is 1.86. The van der Waals surface area contributed by atoms with Crippen LogP contribution in [0.5, 0.6) is 5.75 Å². The standard InChI is InChI=1S/C19H24N4O4/c1-2-26-18(24)13-27-16-5-3-4-14(10-16)11-22-15-6-7-17(23-12-15)19(25)21-9-8-20/h3-7,10,12,22H,2,8-9,11,13,20H2,1H3,(H,21,25). The van der Waals surface area contributed by atoms with E-state index in [-0.39, 0.29) is 12.5 Å². The number of amides is 1. The number of aromatic nitrogens is 1. The summed E-state index contributed by atoms with van der Waals surface area (Å²) in [6.07, 6.45) is 1.60. The highest BCUT2D eigenvalue weighted by Crippen LogP contribution is 2.15. The lowest BCUT2D eigenvalue weighted by atomic mass is 10.2. The molecule has 0 bridgehead atoms. The molecule has 0 aliphatic heterocycles. The highest BCUT2D eigenvalue weighted by Gasteiger charge is 2.06. The third-order valence-electron chi connectivity index (χ3n) is 3.48. The number of nitrogens with two attached hydrogens (primary N) is 1. The van der Waals surface area contributed by atoms with Crippen molar-refractivity contribution in [1.29, 1.82) is 0 Å². The van der Waals surface area contributed by atoms with E-state index in [0.717, 1.165) is 11.3 Å². The predicted molar refractivity (Wildman–Crippen MR) is 102 cm³/mol. The van der Waals surface area contributed by atoms with Gasteiger partial charge in [-0.05, 0) is 36.8 Å². The van der Waals surface area contributed by atoms with Crippen LogP contribution >= 0.6 is 0 Å². The minimum Gasteiger partial charge on any atom is -0.482 e. The van der Waals surface area contributed by atoms with E-state index in [9.17, 15) is 9.59 Å². The molecule has 8 heteroatoms. The first-order valence-electron chi connectivity index (χ1n) is 8.68. The summed E-state index contributed by atoms with van der Waals surface area (Å²) in [6, 6.07) is 10.8. The fourth-order valence-corrected chi connectivity index (χ4v) is 2.20. The van der Waals surface area contributed by atoms with E-state index >= 15 is 0 Å². The lowest BCUT2D eigenvalue weighted by Gasteiger charge is -2.10. The van der Waals surface area contributed by atoms with Crippen molar-refractivity contribution in [3.05, 3.63) is 53.9 Å². The summed E-state index contributed by atoms with van der Waals surface area (Å²) in [5, 5.41) is 5.89. The Labute approximate surface area is 158 Å². The Bertz CT molecular complexity index is 750. The van der Waals surface area contributed by atoms with Crippen molar-refractivity contribution in [2.45, 2.75) is 13.5 Å². The third kappa shape index (κ3) is 6.95. The van der Waals surface area contributed by atoms with Crippen molar-refractivity contribution in [2.24, 2.45) is 5.73 Å². The molecule has 0 radical (unpaired) electrons. The molecule has 0 saturated heterocycles. The molecule has 1 aromatic carbocycles. The van der Waals surface area contributed by atoms with Crippen LogP contribution < -0.4 is 21.1 Å². The average molecular weight is 372 g/mol. The molecule has 0 fully saturated rings. The number of pyridine rings is 1. The first-order valence-corrected chi connectivity index (χ1v) is 8.68. The predicted octanol–water partition coefficient (Wildman–Crippen LogP) is 1.32. The molecular weight excluding hydrogens is 348 g/mol. The van der Waals surface area contributed by atoms with Crippen molar-refractivity contribution >= 4 is 17.6 Å². The lowest BCUT2D eigenvalue weighted by molar-refractivity contribution is -0.145. The number of nitrogens with zero attached hydrogens (tertiary/aromatic N) is 1. The molecule has 27 heavy (non-hydrogen) atoms. The van der Waals surface area contributed by atoms with Crippen molar-refractivity contribution in [1.82, 2.24) is 10.3 Å². The smallest absolute Gasteiger partial charge is 0.344 e. The van der Waals surface area contributed by atoms with Crippen LogP contribution in [-0.2, 0) is 16.1 Å². The van der Waals surface area contributed by atoms with Gasteiger partial charge in [-0.15, -0.1) is 0 Å². The number of anilines is 1. The Kier molecular flexibility index (Phi) is 8.05. The summed E-state index contributed by atoms with van der Waals surface area (Å²) >= 11 is 0. The number of benzene rings is 1. The van der Waals surface area contributed by atoms with Crippen LogP contribution in [0.15, 0.2) is 42.6 Å². The van der Waals surface area contributed by atoms with Gasteiger partial charge < -0.3 is 25.8 Å². The number of nitrogens with one attached hydrogen (secondary N) is 2. The van der Waals surface area contributed by atoms with E-state index in [1.165, 1.54) is 0 Å². The minimum atomic E-state index is -0.400. The molecule has 2 aromatic rings. The molecule has 1 heterocycles. The van der Waals surface area contributed by atoms with Crippen LogP contribution in [0.3, 0.4) is 0 Å². The quantitative estimate of drug-likeness (QED) is 0.539. The topological polar surface area (TPSA) is 116 Å². The maximum Gasteiger partial charge on any atom is 0.344 e. The molecule has 0 unspecified atom stereocenters. The van der Waals surface area contributed by atoms with Crippen molar-refractivity contribution in [3.63, 3.8) is 0 Å². The van der Waals surface area contributed by atoms with Crippen LogP contribution in [0.4, 0.5) is 5.69 Å². The van der Waals surface area contributed by atoms with Crippen LogP contribution in [-0.4, -0.2) is 43.2 Å². The Morgan fingerprint density at radius 3 is 2.78 bits per heavy atom. The van der Waals surface area contributed by atoms with Crippen molar-refractivity contribution in [2.75, 3.05) is 31.6 Å². The second-order valence-corrected chi connectivity index (χ2v) is 5.57. The van der Waals surface area contributed by atoms with Crippen molar-refractivity contribution < 1.29 is 19.1 Å². The highest BCUT2D eigenvalue weighted by molar-refractivity contribution is 5.92. The monoisotopic (exact) mass is 372 g/mol. The van der Waals surface area contributed by atoms with Gasteiger partial charge in [-0.3, -0.25) is 4.79 Å². The fraction of sp³-hybridized carbons (Fsp3) is 0.316. The van der Waals surface area contributed by atoms with Gasteiger partial charge in [0.25, 0.3) is 5.91 Å². The molecule has 2 rings (SSSR count). The molecule has 144 valence electrons. The van der Waals surface area contributed by atoms with Gasteiger partial charge in [0.05, 0.1) is 18.5 Å². The molecule has 0 saturated carbocycles. The van der Waals surface area contributed by atoms with Gasteiger partial charge in [0.1, 0.15) is 11.4 Å². The number of carbonyl (C=O) groups excluding carboxylic acids is 2. The minimum absolute atomic E-state index is 0.123. The second-order valence-electron chi connectivity index (χ2n) is 5.57. The zero-order valence-electron chi connectivity index (χ0n) is 15.2. The SMILES string of the molecule is CCOC(=O)COc1cccc(CNc2ccc(C(=O)NCCN)nc2)c1. The highest BCUT2D eigenvalue weighted by atomic mass is 16.6. The van der Waals surface area contributed by atoms with Crippen LogP contribution in [0, 0.1) is 0 Å². The summed E-state index contributed by atoms with van der Waals surface area (Å²) in [5.74, 6) is -0.0615. The van der Waals surface area contributed by atoms with E-state index in [1.807, 2.05) is 18.2 Å². The van der Waals surface area contributed by atoms with Crippen LogP contribution in [0.1, 0.15) is 23.0 Å². The van der Waals surface area contributed by atoms with Gasteiger partial charge in [0, 0.05) is 19.6 Å². The van der Waals surface area contributed by atoms with Gasteiger partial charge in [-0.2, -0.15) is 0 Å². The zero-order valence-corrected chi connectivity index (χ0v) is 15.2. The van der Waals surface area contributed by atoms with Crippen molar-refractivity contribution in [3.8, 4) is 5.75 Å². The van der Waals surface area contributed by atoms with E-state index in [0.29, 0.717) is 37.7 Å². The van der Waals surface area contributed by atoms with Gasteiger partial charge in [-0.25, -0.2) is 9.78 Å². The van der Waals surface area contributed by atoms with Gasteiger partial charge in [0.15, 0.2) is 6.61 Å². The van der Waals surface area contributed by atoms with E-state index in [1.54, 1.807) is 31.3 Å². The first-order chi connectivity index (χ1) is 13.1. The van der Waals surface area contributed by atoms with Gasteiger partial charge >= 0.3 is 5.97 Å². The molecule has 0 atom stereocenters. The van der Waals surface area contributed by atoms with Crippen LogP contribution in [0.25, 0.3) is 0 Å². The molecule has 0 aliphatic carbocycles. The third-order valence-corrected chi connectivity index (χ3v) is 3.48. The molecule has 0 spiro atoms. The van der Waals surface area contributed by atoms with E-state index in [4.69, 9.17) is 15.2 Å². The molecular formula is C19H24N4O4. The summed E-state index contributed by atoms with van der Waals surface area (Å²) in [4.78, 5) is 27.3. The number of carbonyl (C=O) groups is 2. The Hall–Kier alpha value is -3.13. The average Bonchev–Trinajstić information content (AvgIpc) is 2.70. The Morgan fingerprint density at radius 1 is 1.22 bits per heavy atom. The second kappa shape index (κ2) is 10.8. The lowest BCUT2D eigenvalue weighted by Crippen LogP contribution is -2.29. The fourth-order valence-electron chi connectivity index (χ4n) is 2.20. The van der Waals surface area contributed by atoms with Gasteiger partial charge in [0.2, 0.25) is 0 Å². The summed E-state index contributed by atoms with van der Waals surface area (Å²) in [7, 11) is 0. The zero-order chi connectivity index (χ0) is 19.5. The number of hydrogen-bond acceptors (Lipinski definition) is 7. The molecule has 1 aromatic heterocycles. The number of esters is 1. The molecule has 4 N–H and O–H groups in total. The van der Waals surface area contributed by atoms with E-state index in [2.05, 4.69) is 15.6 Å². The number of ether oxygens (including phenoxy) is 2. The maximum absolute atomic E-state index is 11.8. The summed E-state index contributed by atoms with van der Waals surface area (Å²) < 4.78 is 10.2. The molecule has 1 amide bonds. The largest absolute Gasteiger partial charge is 0.482 e. The maximum atomic E-state index is 11.8. The van der Waals surface area contributed by atoms with Crippen LogP contribution in [0.2, 0.25) is 0 Å².